The fourth-order valence-electron chi connectivity index (χ4n) is 2.56. The summed E-state index contributed by atoms with van der Waals surface area (Å²) in [7, 11) is 0. The lowest BCUT2D eigenvalue weighted by atomic mass is 10.2. The van der Waals surface area contributed by atoms with E-state index >= 15 is 0 Å². The number of amides is 1. The number of hydrogen-bond acceptors (Lipinski definition) is 6. The molecule has 0 fully saturated rings. The maximum Gasteiger partial charge on any atom is 0.339 e. The highest BCUT2D eigenvalue weighted by atomic mass is 35.5. The van der Waals surface area contributed by atoms with Crippen LogP contribution in [-0.4, -0.2) is 41.0 Å². The molecule has 1 amide bonds. The molecule has 1 N–H and O–H groups in total. The zero-order chi connectivity index (χ0) is 19.6. The van der Waals surface area contributed by atoms with Gasteiger partial charge in [0.05, 0.1) is 16.8 Å². The maximum absolute atomic E-state index is 12.4. The topological polar surface area (TPSA) is 91.7 Å². The highest BCUT2D eigenvalue weighted by molar-refractivity contribution is 6.32. The number of benzene rings is 1. The Balaban J connectivity index is 1.67. The van der Waals surface area contributed by atoms with Crippen molar-refractivity contribution < 1.29 is 23.8 Å². The van der Waals surface area contributed by atoms with E-state index in [1.165, 1.54) is 19.1 Å². The number of carbonyl (C=O) groups is 2. The summed E-state index contributed by atoms with van der Waals surface area (Å²) in [6.45, 7) is 6.13. The van der Waals surface area contributed by atoms with Crippen LogP contribution in [0.1, 0.15) is 37.2 Å². The zero-order valence-electron chi connectivity index (χ0n) is 15.2. The summed E-state index contributed by atoms with van der Waals surface area (Å²) < 4.78 is 17.8. The molecule has 0 bridgehead atoms. The Hall–Kier alpha value is -2.74. The van der Waals surface area contributed by atoms with Gasteiger partial charge in [-0.3, -0.25) is 4.79 Å². The average molecular weight is 394 g/mol. The molecule has 1 atom stereocenters. The van der Waals surface area contributed by atoms with Gasteiger partial charge in [-0.25, -0.2) is 9.48 Å². The van der Waals surface area contributed by atoms with E-state index in [1.54, 1.807) is 16.9 Å². The Kier molecular flexibility index (Phi) is 5.55. The third-order valence-corrected chi connectivity index (χ3v) is 4.18. The van der Waals surface area contributed by atoms with Crippen molar-refractivity contribution in [3.05, 3.63) is 35.0 Å². The molecule has 27 heavy (non-hydrogen) atoms. The van der Waals surface area contributed by atoms with Crippen LogP contribution in [0.25, 0.3) is 0 Å². The molecule has 3 rings (SSSR count). The minimum atomic E-state index is -1.01. The van der Waals surface area contributed by atoms with Gasteiger partial charge in [0.2, 0.25) is 0 Å². The van der Waals surface area contributed by atoms with Crippen LogP contribution in [0.5, 0.6) is 11.5 Å². The Morgan fingerprint density at radius 3 is 2.74 bits per heavy atom. The smallest absolute Gasteiger partial charge is 0.339 e. The lowest BCUT2D eigenvalue weighted by Gasteiger charge is -2.20. The Morgan fingerprint density at radius 1 is 1.26 bits per heavy atom. The van der Waals surface area contributed by atoms with Crippen molar-refractivity contribution in [3.63, 3.8) is 0 Å². The first kappa shape index (κ1) is 19.0. The summed E-state index contributed by atoms with van der Waals surface area (Å²) in [4.78, 5) is 24.8. The number of rotatable bonds is 5. The molecule has 0 radical (unpaired) electrons. The molecule has 1 aromatic heterocycles. The van der Waals surface area contributed by atoms with Gasteiger partial charge in [0.25, 0.3) is 5.91 Å². The number of fused-ring (bicyclic) bond motifs is 1. The second-order valence-corrected chi connectivity index (χ2v) is 6.68. The van der Waals surface area contributed by atoms with E-state index in [4.69, 9.17) is 25.8 Å². The summed E-state index contributed by atoms with van der Waals surface area (Å²) in [5, 5.41) is 7.09. The average Bonchev–Trinajstić information content (AvgIpc) is 3.10. The SMILES string of the molecule is CC(OC(=O)c1cc(Cl)c2c(c1)OCCO2)C(=O)Nc1ccnn1C(C)C. The Bertz CT molecular complexity index is 865. The molecule has 0 aliphatic carbocycles. The second kappa shape index (κ2) is 7.87. The second-order valence-electron chi connectivity index (χ2n) is 6.27. The molecule has 2 heterocycles. The predicted octanol–water partition coefficient (Wildman–Crippen LogP) is 3.07. The summed E-state index contributed by atoms with van der Waals surface area (Å²) in [6.07, 6.45) is 0.573. The number of ether oxygens (including phenoxy) is 3. The zero-order valence-corrected chi connectivity index (χ0v) is 15.9. The van der Waals surface area contributed by atoms with Gasteiger partial charge in [0.15, 0.2) is 17.6 Å². The fourth-order valence-corrected chi connectivity index (χ4v) is 2.83. The minimum absolute atomic E-state index is 0.0769. The van der Waals surface area contributed by atoms with Gasteiger partial charge in [0, 0.05) is 12.1 Å². The molecule has 0 spiro atoms. The molecule has 0 saturated heterocycles. The molecule has 1 aromatic carbocycles. The first-order chi connectivity index (χ1) is 12.9. The first-order valence-electron chi connectivity index (χ1n) is 8.51. The minimum Gasteiger partial charge on any atom is -0.486 e. The number of hydrogen-bond donors (Lipinski definition) is 1. The van der Waals surface area contributed by atoms with Crippen molar-refractivity contribution in [2.24, 2.45) is 0 Å². The highest BCUT2D eigenvalue weighted by Gasteiger charge is 2.24. The van der Waals surface area contributed by atoms with Crippen molar-refractivity contribution in [2.75, 3.05) is 18.5 Å². The van der Waals surface area contributed by atoms with Gasteiger partial charge in [-0.1, -0.05) is 11.6 Å². The van der Waals surface area contributed by atoms with Gasteiger partial charge in [-0.2, -0.15) is 5.10 Å². The molecule has 1 aliphatic rings. The van der Waals surface area contributed by atoms with E-state index in [0.29, 0.717) is 30.5 Å². The number of esters is 1. The lowest BCUT2D eigenvalue weighted by Crippen LogP contribution is -2.31. The van der Waals surface area contributed by atoms with Crippen molar-refractivity contribution >= 4 is 29.3 Å². The molecule has 8 nitrogen and oxygen atoms in total. The van der Waals surface area contributed by atoms with Gasteiger partial charge in [0.1, 0.15) is 19.0 Å². The van der Waals surface area contributed by atoms with Crippen LogP contribution in [0, 0.1) is 0 Å². The maximum atomic E-state index is 12.4. The van der Waals surface area contributed by atoms with Crippen LogP contribution in [-0.2, 0) is 9.53 Å². The van der Waals surface area contributed by atoms with E-state index in [0.717, 1.165) is 0 Å². The number of aromatic nitrogens is 2. The molecule has 144 valence electrons. The Morgan fingerprint density at radius 2 is 2.00 bits per heavy atom. The summed E-state index contributed by atoms with van der Waals surface area (Å²) in [6, 6.07) is 4.66. The molecular weight excluding hydrogens is 374 g/mol. The van der Waals surface area contributed by atoms with E-state index in [2.05, 4.69) is 10.4 Å². The van der Waals surface area contributed by atoms with Crippen molar-refractivity contribution in [2.45, 2.75) is 32.9 Å². The summed E-state index contributed by atoms with van der Waals surface area (Å²) in [5.41, 5.74) is 0.177. The van der Waals surface area contributed by atoms with Crippen LogP contribution in [0.2, 0.25) is 5.02 Å². The normalized spacial score (nSPS) is 14.0. The van der Waals surface area contributed by atoms with Gasteiger partial charge < -0.3 is 19.5 Å². The number of nitrogens with zero attached hydrogens (tertiary/aromatic N) is 2. The summed E-state index contributed by atoms with van der Waals surface area (Å²) >= 11 is 6.13. The van der Waals surface area contributed by atoms with E-state index in [-0.39, 0.29) is 16.6 Å². The van der Waals surface area contributed by atoms with E-state index in [1.807, 2.05) is 13.8 Å². The first-order valence-corrected chi connectivity index (χ1v) is 8.89. The number of anilines is 1. The van der Waals surface area contributed by atoms with Crippen LogP contribution in [0.4, 0.5) is 5.82 Å². The van der Waals surface area contributed by atoms with Gasteiger partial charge in [-0.15, -0.1) is 0 Å². The molecule has 9 heteroatoms. The van der Waals surface area contributed by atoms with Gasteiger partial charge >= 0.3 is 5.97 Å². The van der Waals surface area contributed by atoms with Crippen molar-refractivity contribution in [3.8, 4) is 11.5 Å². The number of nitrogens with one attached hydrogen (secondary N) is 1. The summed E-state index contributed by atoms with van der Waals surface area (Å²) in [5.74, 6) is 0.148. The third kappa shape index (κ3) is 4.16. The van der Waals surface area contributed by atoms with Crippen molar-refractivity contribution in [1.82, 2.24) is 9.78 Å². The third-order valence-electron chi connectivity index (χ3n) is 3.90. The predicted molar refractivity (Wildman–Crippen MR) is 98.6 cm³/mol. The molecule has 0 saturated carbocycles. The fraction of sp³-hybridized carbons (Fsp3) is 0.389. The molecule has 2 aromatic rings. The van der Waals surface area contributed by atoms with E-state index in [9.17, 15) is 9.59 Å². The highest BCUT2D eigenvalue weighted by Crippen LogP contribution is 2.38. The Labute approximate surface area is 161 Å². The van der Waals surface area contributed by atoms with Crippen molar-refractivity contribution in [1.29, 1.82) is 0 Å². The molecule has 1 unspecified atom stereocenters. The molecule has 1 aliphatic heterocycles. The number of carbonyl (C=O) groups excluding carboxylic acids is 2. The van der Waals surface area contributed by atoms with Gasteiger partial charge in [-0.05, 0) is 32.9 Å². The van der Waals surface area contributed by atoms with E-state index < -0.39 is 18.0 Å². The van der Waals surface area contributed by atoms with Crippen LogP contribution in [0.15, 0.2) is 24.4 Å². The molecular formula is C18H20ClN3O5. The largest absolute Gasteiger partial charge is 0.486 e. The number of halogens is 1. The lowest BCUT2D eigenvalue weighted by molar-refractivity contribution is -0.123. The van der Waals surface area contributed by atoms with Crippen LogP contribution >= 0.6 is 11.6 Å². The monoisotopic (exact) mass is 393 g/mol. The van der Waals surface area contributed by atoms with Crippen LogP contribution < -0.4 is 14.8 Å². The standard InChI is InChI=1S/C18H20ClN3O5/c1-10(2)22-15(4-5-20-22)21-17(23)11(3)27-18(24)12-8-13(19)16-14(9-12)25-6-7-26-16/h4-5,8-11H,6-7H2,1-3H3,(H,21,23). The quantitative estimate of drug-likeness (QED) is 0.785. The van der Waals surface area contributed by atoms with Crippen LogP contribution in [0.3, 0.4) is 0 Å².